The van der Waals surface area contributed by atoms with Crippen molar-refractivity contribution in [2.45, 2.75) is 0 Å². The zero-order chi connectivity index (χ0) is 20.9. The SMILES string of the molecule is O=C(/C(=N/Nc1ccc([N+](=O)[O-])cc1)c1ccc2ccccc2n1)c1ccccn1. The number of nitrogens with zero attached hydrogens (tertiary/aromatic N) is 4. The number of aromatic nitrogens is 2. The van der Waals surface area contributed by atoms with Gasteiger partial charge in [-0.15, -0.1) is 0 Å². The van der Waals surface area contributed by atoms with Gasteiger partial charge in [-0.25, -0.2) is 4.98 Å². The van der Waals surface area contributed by atoms with E-state index in [0.29, 0.717) is 11.4 Å². The summed E-state index contributed by atoms with van der Waals surface area (Å²) in [4.78, 5) is 32.1. The molecule has 0 aliphatic heterocycles. The molecular formula is C22H15N5O3. The number of nitro benzene ring substituents is 1. The van der Waals surface area contributed by atoms with Crippen LogP contribution in [0.4, 0.5) is 11.4 Å². The molecule has 2 heterocycles. The van der Waals surface area contributed by atoms with E-state index in [1.165, 1.54) is 30.5 Å². The second-order valence-electron chi connectivity index (χ2n) is 6.31. The predicted octanol–water partition coefficient (Wildman–Crippen LogP) is 4.24. The van der Waals surface area contributed by atoms with Crippen molar-refractivity contribution in [3.63, 3.8) is 0 Å². The first-order valence-corrected chi connectivity index (χ1v) is 9.02. The molecule has 0 aliphatic rings. The van der Waals surface area contributed by atoms with Gasteiger partial charge >= 0.3 is 0 Å². The lowest BCUT2D eigenvalue weighted by molar-refractivity contribution is -0.384. The number of carbonyl (C=O) groups excluding carboxylic acids is 1. The number of hydrogen-bond acceptors (Lipinski definition) is 7. The third kappa shape index (κ3) is 4.02. The number of non-ortho nitro benzene ring substituents is 1. The van der Waals surface area contributed by atoms with Crippen LogP contribution in [-0.4, -0.2) is 26.4 Å². The monoisotopic (exact) mass is 397 g/mol. The van der Waals surface area contributed by atoms with Gasteiger partial charge in [-0.2, -0.15) is 5.10 Å². The van der Waals surface area contributed by atoms with Crippen LogP contribution in [0.5, 0.6) is 0 Å². The van der Waals surface area contributed by atoms with Gasteiger partial charge in [0.1, 0.15) is 5.69 Å². The normalized spacial score (nSPS) is 11.3. The van der Waals surface area contributed by atoms with E-state index in [9.17, 15) is 14.9 Å². The fourth-order valence-electron chi connectivity index (χ4n) is 2.82. The Kier molecular flexibility index (Phi) is 5.21. The molecule has 0 aliphatic carbocycles. The van der Waals surface area contributed by atoms with Crippen LogP contribution in [0.15, 0.2) is 90.2 Å². The van der Waals surface area contributed by atoms with Gasteiger partial charge in [0.2, 0.25) is 5.78 Å². The predicted molar refractivity (Wildman–Crippen MR) is 114 cm³/mol. The second-order valence-corrected chi connectivity index (χ2v) is 6.31. The smallest absolute Gasteiger partial charge is 0.269 e. The molecule has 0 saturated carbocycles. The Bertz CT molecular complexity index is 1250. The van der Waals surface area contributed by atoms with E-state index in [1.54, 1.807) is 24.3 Å². The topological polar surface area (TPSA) is 110 Å². The van der Waals surface area contributed by atoms with E-state index >= 15 is 0 Å². The first-order chi connectivity index (χ1) is 14.6. The van der Waals surface area contributed by atoms with Crippen LogP contribution in [0.3, 0.4) is 0 Å². The zero-order valence-electron chi connectivity index (χ0n) is 15.6. The maximum absolute atomic E-state index is 13.1. The van der Waals surface area contributed by atoms with Crippen molar-refractivity contribution in [3.8, 4) is 0 Å². The van der Waals surface area contributed by atoms with Gasteiger partial charge in [0.25, 0.3) is 5.69 Å². The molecular weight excluding hydrogens is 382 g/mol. The molecule has 1 N–H and O–H groups in total. The second kappa shape index (κ2) is 8.27. The molecule has 0 radical (unpaired) electrons. The largest absolute Gasteiger partial charge is 0.285 e. The summed E-state index contributed by atoms with van der Waals surface area (Å²) >= 11 is 0. The highest BCUT2D eigenvalue weighted by atomic mass is 16.6. The Hall–Kier alpha value is -4.46. The fourth-order valence-corrected chi connectivity index (χ4v) is 2.82. The minimum Gasteiger partial charge on any atom is -0.285 e. The highest BCUT2D eigenvalue weighted by molar-refractivity contribution is 6.50. The maximum Gasteiger partial charge on any atom is 0.269 e. The number of benzene rings is 2. The third-order valence-corrected chi connectivity index (χ3v) is 4.33. The van der Waals surface area contributed by atoms with Crippen molar-refractivity contribution in [1.82, 2.24) is 9.97 Å². The van der Waals surface area contributed by atoms with Crippen molar-refractivity contribution >= 4 is 33.8 Å². The van der Waals surface area contributed by atoms with Crippen LogP contribution >= 0.6 is 0 Å². The number of ketones is 1. The van der Waals surface area contributed by atoms with Crippen LogP contribution in [0.2, 0.25) is 0 Å². The van der Waals surface area contributed by atoms with E-state index in [1.807, 2.05) is 30.3 Å². The first-order valence-electron chi connectivity index (χ1n) is 9.02. The molecule has 4 aromatic rings. The van der Waals surface area contributed by atoms with Gasteiger partial charge in [0.05, 0.1) is 21.8 Å². The summed E-state index contributed by atoms with van der Waals surface area (Å²) < 4.78 is 0. The molecule has 146 valence electrons. The van der Waals surface area contributed by atoms with E-state index in [2.05, 4.69) is 20.5 Å². The Labute approximate surface area is 171 Å². The van der Waals surface area contributed by atoms with Gasteiger partial charge in [0, 0.05) is 23.7 Å². The van der Waals surface area contributed by atoms with Crippen LogP contribution in [-0.2, 0) is 0 Å². The maximum atomic E-state index is 13.1. The lowest BCUT2D eigenvalue weighted by atomic mass is 10.1. The third-order valence-electron chi connectivity index (χ3n) is 4.33. The highest BCUT2D eigenvalue weighted by Crippen LogP contribution is 2.17. The van der Waals surface area contributed by atoms with Gasteiger partial charge in [0.15, 0.2) is 5.71 Å². The number of rotatable bonds is 6. The number of anilines is 1. The number of fused-ring (bicyclic) bond motifs is 1. The number of nitrogens with one attached hydrogen (secondary N) is 1. The zero-order valence-corrected chi connectivity index (χ0v) is 15.6. The van der Waals surface area contributed by atoms with Gasteiger partial charge in [-0.05, 0) is 36.4 Å². The summed E-state index contributed by atoms with van der Waals surface area (Å²) in [5.74, 6) is -0.396. The highest BCUT2D eigenvalue weighted by Gasteiger charge is 2.19. The van der Waals surface area contributed by atoms with E-state index < -0.39 is 10.7 Å². The van der Waals surface area contributed by atoms with Crippen molar-refractivity contribution in [1.29, 1.82) is 0 Å². The van der Waals surface area contributed by atoms with Crippen LogP contribution < -0.4 is 5.43 Å². The summed E-state index contributed by atoms with van der Waals surface area (Å²) in [7, 11) is 0. The number of hydrazone groups is 1. The molecule has 2 aromatic heterocycles. The van der Waals surface area contributed by atoms with Crippen molar-refractivity contribution in [2.75, 3.05) is 5.43 Å². The molecule has 8 nitrogen and oxygen atoms in total. The van der Waals surface area contributed by atoms with Gasteiger partial charge in [-0.1, -0.05) is 30.3 Å². The summed E-state index contributed by atoms with van der Waals surface area (Å²) in [5.41, 5.74) is 4.67. The van der Waals surface area contributed by atoms with E-state index in [-0.39, 0.29) is 17.1 Å². The molecule has 4 rings (SSSR count). The van der Waals surface area contributed by atoms with E-state index in [0.717, 1.165) is 10.9 Å². The van der Waals surface area contributed by atoms with Gasteiger partial charge in [-0.3, -0.25) is 25.3 Å². The Morgan fingerprint density at radius 1 is 0.900 bits per heavy atom. The molecule has 0 saturated heterocycles. The number of hydrogen-bond donors (Lipinski definition) is 1. The molecule has 0 amide bonds. The molecule has 2 aromatic carbocycles. The number of para-hydroxylation sites is 1. The Balaban J connectivity index is 1.73. The van der Waals surface area contributed by atoms with Crippen LogP contribution in [0, 0.1) is 10.1 Å². The number of Topliss-reactive ketones (excluding diaryl/α,β-unsaturated/α-hetero) is 1. The van der Waals surface area contributed by atoms with Crippen LogP contribution in [0.25, 0.3) is 10.9 Å². The van der Waals surface area contributed by atoms with Crippen molar-refractivity contribution in [2.24, 2.45) is 5.10 Å². The minimum atomic E-state index is -0.484. The quantitative estimate of drug-likeness (QED) is 0.225. The summed E-state index contributed by atoms with van der Waals surface area (Å²) in [6, 6.07) is 21.9. The summed E-state index contributed by atoms with van der Waals surface area (Å²) in [6.45, 7) is 0. The molecule has 8 heteroatoms. The summed E-state index contributed by atoms with van der Waals surface area (Å²) in [5, 5.41) is 16.0. The minimum absolute atomic E-state index is 0.0366. The molecule has 0 bridgehead atoms. The molecule has 0 unspecified atom stereocenters. The van der Waals surface area contributed by atoms with Crippen molar-refractivity contribution in [3.05, 3.63) is 107 Å². The molecule has 0 atom stereocenters. The van der Waals surface area contributed by atoms with Crippen molar-refractivity contribution < 1.29 is 9.72 Å². The average molecular weight is 397 g/mol. The number of pyridine rings is 2. The van der Waals surface area contributed by atoms with E-state index in [4.69, 9.17) is 0 Å². The van der Waals surface area contributed by atoms with Gasteiger partial charge < -0.3 is 0 Å². The summed E-state index contributed by atoms with van der Waals surface area (Å²) in [6.07, 6.45) is 1.53. The standard InChI is InChI=1S/C22H15N5O3/c28-22(20-7-3-4-14-23-20)21(19-13-8-15-5-1-2-6-18(15)24-19)26-25-16-9-11-17(12-10-16)27(29)30/h1-14,25H/b26-21+. The molecule has 30 heavy (non-hydrogen) atoms. The Morgan fingerprint density at radius 3 is 2.40 bits per heavy atom. The lowest BCUT2D eigenvalue weighted by Crippen LogP contribution is -2.20. The fraction of sp³-hybridized carbons (Fsp3) is 0. The number of carbonyl (C=O) groups is 1. The lowest BCUT2D eigenvalue weighted by Gasteiger charge is -2.08. The molecule has 0 spiro atoms. The Morgan fingerprint density at radius 2 is 1.67 bits per heavy atom. The number of nitro groups is 1. The molecule has 0 fully saturated rings. The van der Waals surface area contributed by atoms with Crippen LogP contribution in [0.1, 0.15) is 16.2 Å². The average Bonchev–Trinajstić information content (AvgIpc) is 2.80. The first kappa shape index (κ1) is 18.9.